The quantitative estimate of drug-likeness (QED) is 0.771. The highest BCUT2D eigenvalue weighted by Gasteiger charge is 2.08. The summed E-state index contributed by atoms with van der Waals surface area (Å²) in [5.41, 5.74) is 1.13. The van der Waals surface area contributed by atoms with Gasteiger partial charge in [-0.05, 0) is 24.3 Å². The summed E-state index contributed by atoms with van der Waals surface area (Å²) in [7, 11) is 0. The van der Waals surface area contributed by atoms with Gasteiger partial charge in [-0.3, -0.25) is 9.78 Å². The molecule has 0 bridgehead atoms. The summed E-state index contributed by atoms with van der Waals surface area (Å²) >= 11 is 0. The summed E-state index contributed by atoms with van der Waals surface area (Å²) in [5, 5.41) is 2.54. The zero-order valence-electron chi connectivity index (χ0n) is 12.8. The smallest absolute Gasteiger partial charge is 0.262 e. The Labute approximate surface area is 141 Å². The number of hydrogen-bond acceptors (Lipinski definition) is 5. The number of aromatic nitrogens is 3. The second-order valence-electron chi connectivity index (χ2n) is 4.95. The van der Waals surface area contributed by atoms with Gasteiger partial charge in [-0.2, -0.15) is 0 Å². The number of benzene rings is 1. The molecule has 1 aromatic carbocycles. The van der Waals surface area contributed by atoms with E-state index in [4.69, 9.17) is 4.74 Å². The van der Waals surface area contributed by atoms with E-state index in [-0.39, 0.29) is 12.4 Å². The lowest BCUT2D eigenvalue weighted by Crippen LogP contribution is -2.20. The largest absolute Gasteiger partial charge is 0.484 e. The highest BCUT2D eigenvalue weighted by Crippen LogP contribution is 2.16. The predicted octanol–water partition coefficient (Wildman–Crippen LogP) is 2.83. The Morgan fingerprint density at radius 2 is 1.88 bits per heavy atom. The van der Waals surface area contributed by atoms with Crippen LogP contribution in [0.4, 0.5) is 14.5 Å². The van der Waals surface area contributed by atoms with Crippen LogP contribution in [-0.2, 0) is 4.79 Å². The molecule has 1 N–H and O–H groups in total. The van der Waals surface area contributed by atoms with Crippen LogP contribution in [0.25, 0.3) is 11.4 Å². The normalized spacial score (nSPS) is 10.3. The molecule has 0 saturated heterocycles. The third kappa shape index (κ3) is 4.31. The number of rotatable bonds is 5. The van der Waals surface area contributed by atoms with Crippen molar-refractivity contribution >= 4 is 11.6 Å². The summed E-state index contributed by atoms with van der Waals surface area (Å²) in [5.74, 6) is -1.98. The predicted molar refractivity (Wildman–Crippen MR) is 85.7 cm³/mol. The van der Waals surface area contributed by atoms with Gasteiger partial charge in [0, 0.05) is 24.0 Å². The number of carbonyl (C=O) groups is 1. The maximum absolute atomic E-state index is 13.1. The maximum Gasteiger partial charge on any atom is 0.262 e. The van der Waals surface area contributed by atoms with Gasteiger partial charge in [0.15, 0.2) is 24.1 Å². The number of ether oxygens (including phenoxy) is 1. The summed E-state index contributed by atoms with van der Waals surface area (Å²) in [6, 6.07) is 6.61. The van der Waals surface area contributed by atoms with E-state index in [9.17, 15) is 13.6 Å². The van der Waals surface area contributed by atoms with E-state index in [1.807, 2.05) is 6.07 Å². The highest BCUT2D eigenvalue weighted by atomic mass is 19.2. The van der Waals surface area contributed by atoms with Crippen LogP contribution in [0.5, 0.6) is 5.75 Å². The maximum atomic E-state index is 13.1. The van der Waals surface area contributed by atoms with Gasteiger partial charge in [-0.1, -0.05) is 0 Å². The molecule has 2 aromatic heterocycles. The zero-order valence-corrected chi connectivity index (χ0v) is 12.8. The molecule has 8 heteroatoms. The van der Waals surface area contributed by atoms with Crippen LogP contribution in [0.3, 0.4) is 0 Å². The Hall–Kier alpha value is -3.42. The lowest BCUT2D eigenvalue weighted by Gasteiger charge is -2.08. The number of carbonyl (C=O) groups excluding carboxylic acids is 1. The topological polar surface area (TPSA) is 77.0 Å². The lowest BCUT2D eigenvalue weighted by atomic mass is 10.3. The number of hydrogen-bond donors (Lipinski definition) is 1. The first-order chi connectivity index (χ1) is 12.1. The zero-order chi connectivity index (χ0) is 17.6. The van der Waals surface area contributed by atoms with Crippen molar-refractivity contribution < 1.29 is 18.3 Å². The van der Waals surface area contributed by atoms with Gasteiger partial charge in [-0.25, -0.2) is 18.7 Å². The van der Waals surface area contributed by atoms with Gasteiger partial charge >= 0.3 is 0 Å². The van der Waals surface area contributed by atoms with Crippen molar-refractivity contribution in [3.05, 3.63) is 66.8 Å². The van der Waals surface area contributed by atoms with Crippen molar-refractivity contribution in [3.8, 4) is 17.1 Å². The molecule has 0 aliphatic heterocycles. The standard InChI is InChI=1S/C17H12F2N4O2/c18-14-4-3-13(6-15(14)19)25-10-16(24)23-12-8-21-17(22-9-12)11-2-1-5-20-7-11/h1-9H,10H2,(H,23,24). The SMILES string of the molecule is O=C(COc1ccc(F)c(F)c1)Nc1cnc(-c2cccnc2)nc1. The molecule has 0 radical (unpaired) electrons. The van der Waals surface area contributed by atoms with Crippen molar-refractivity contribution in [2.24, 2.45) is 0 Å². The Morgan fingerprint density at radius 1 is 1.08 bits per heavy atom. The fourth-order valence-electron chi connectivity index (χ4n) is 1.95. The van der Waals surface area contributed by atoms with Crippen molar-refractivity contribution in [2.45, 2.75) is 0 Å². The molecule has 3 aromatic rings. The second kappa shape index (κ2) is 7.43. The van der Waals surface area contributed by atoms with E-state index < -0.39 is 17.5 Å². The van der Waals surface area contributed by atoms with Gasteiger partial charge in [0.05, 0.1) is 18.1 Å². The average Bonchev–Trinajstić information content (AvgIpc) is 2.64. The molecule has 0 fully saturated rings. The monoisotopic (exact) mass is 342 g/mol. The third-order valence-electron chi connectivity index (χ3n) is 3.12. The van der Waals surface area contributed by atoms with E-state index in [2.05, 4.69) is 20.3 Å². The minimum atomic E-state index is -1.04. The van der Waals surface area contributed by atoms with E-state index in [0.717, 1.165) is 17.7 Å². The third-order valence-corrected chi connectivity index (χ3v) is 3.12. The fraction of sp³-hybridized carbons (Fsp3) is 0.0588. The first-order valence-electron chi connectivity index (χ1n) is 7.22. The molecule has 25 heavy (non-hydrogen) atoms. The van der Waals surface area contributed by atoms with Crippen LogP contribution in [0, 0.1) is 11.6 Å². The van der Waals surface area contributed by atoms with E-state index >= 15 is 0 Å². The summed E-state index contributed by atoms with van der Waals surface area (Å²) in [6.07, 6.45) is 6.17. The highest BCUT2D eigenvalue weighted by molar-refractivity contribution is 5.91. The van der Waals surface area contributed by atoms with Crippen LogP contribution < -0.4 is 10.1 Å². The summed E-state index contributed by atoms with van der Waals surface area (Å²) in [4.78, 5) is 24.1. The molecule has 1 amide bonds. The molecule has 0 aliphatic rings. The van der Waals surface area contributed by atoms with Gasteiger partial charge in [0.2, 0.25) is 0 Å². The van der Waals surface area contributed by atoms with Crippen LogP contribution in [0.1, 0.15) is 0 Å². The molecular weight excluding hydrogens is 330 g/mol. The number of anilines is 1. The average molecular weight is 342 g/mol. The number of pyridine rings is 1. The van der Waals surface area contributed by atoms with Crippen molar-refractivity contribution in [1.29, 1.82) is 0 Å². The summed E-state index contributed by atoms with van der Waals surface area (Å²) in [6.45, 7) is -0.366. The molecule has 0 saturated carbocycles. The van der Waals surface area contributed by atoms with Crippen molar-refractivity contribution in [1.82, 2.24) is 15.0 Å². The minimum Gasteiger partial charge on any atom is -0.484 e. The molecule has 0 atom stereocenters. The van der Waals surface area contributed by atoms with E-state index in [1.54, 1.807) is 18.5 Å². The van der Waals surface area contributed by atoms with Gasteiger partial charge in [-0.15, -0.1) is 0 Å². The number of nitrogens with zero attached hydrogens (tertiary/aromatic N) is 3. The van der Waals surface area contributed by atoms with Crippen LogP contribution >= 0.6 is 0 Å². The van der Waals surface area contributed by atoms with E-state index in [1.165, 1.54) is 18.5 Å². The number of nitrogens with one attached hydrogen (secondary N) is 1. The molecule has 0 aliphatic carbocycles. The molecule has 126 valence electrons. The Balaban J connectivity index is 1.56. The first-order valence-corrected chi connectivity index (χ1v) is 7.22. The second-order valence-corrected chi connectivity index (χ2v) is 4.95. The molecule has 6 nitrogen and oxygen atoms in total. The number of halogens is 2. The lowest BCUT2D eigenvalue weighted by molar-refractivity contribution is -0.118. The van der Waals surface area contributed by atoms with Crippen LogP contribution in [-0.4, -0.2) is 27.5 Å². The van der Waals surface area contributed by atoms with Gasteiger partial charge < -0.3 is 10.1 Å². The molecule has 0 unspecified atom stereocenters. The first kappa shape index (κ1) is 16.4. The Bertz CT molecular complexity index is 874. The van der Waals surface area contributed by atoms with Crippen LogP contribution in [0.15, 0.2) is 55.1 Å². The molecule has 0 spiro atoms. The van der Waals surface area contributed by atoms with Crippen molar-refractivity contribution in [2.75, 3.05) is 11.9 Å². The van der Waals surface area contributed by atoms with Crippen molar-refractivity contribution in [3.63, 3.8) is 0 Å². The van der Waals surface area contributed by atoms with E-state index in [0.29, 0.717) is 11.5 Å². The minimum absolute atomic E-state index is 0.0530. The van der Waals surface area contributed by atoms with Gasteiger partial charge in [0.25, 0.3) is 5.91 Å². The molecular formula is C17H12F2N4O2. The van der Waals surface area contributed by atoms with Crippen LogP contribution in [0.2, 0.25) is 0 Å². The molecule has 3 rings (SSSR count). The summed E-state index contributed by atoms with van der Waals surface area (Å²) < 4.78 is 31.0. The Kier molecular flexibility index (Phi) is 4.89. The van der Waals surface area contributed by atoms with Gasteiger partial charge in [0.1, 0.15) is 5.75 Å². The molecule has 2 heterocycles. The Morgan fingerprint density at radius 3 is 2.56 bits per heavy atom. The number of amides is 1. The fourth-order valence-corrected chi connectivity index (χ4v) is 1.95.